The number of pyridine rings is 1. The molecule has 2 aliphatic heterocycles. The molecule has 2 aliphatic rings. The number of rotatable bonds is 2. The largest absolute Gasteiger partial charge is 0.337 e. The molecule has 1 aromatic carbocycles. The molecule has 5 nitrogen and oxygen atoms in total. The van der Waals surface area contributed by atoms with E-state index in [2.05, 4.69) is 28.9 Å². The number of piperazine rings is 1. The number of carbonyl (C=O) groups is 1. The standard InChI is InChI=1S/C20H25N3O2/c1-12-7-13(2)18-15(8-12)9-16(19(24)21-18)10-22-11-17-5-4-6-23(17)20(25)14(22)3/h7-9,14,17H,4-6,10-11H2,1-3H3,(H,21,24)/t14-,17-/m0/s1. The van der Waals surface area contributed by atoms with E-state index >= 15 is 0 Å². The van der Waals surface area contributed by atoms with Crippen LogP contribution < -0.4 is 5.56 Å². The Kier molecular flexibility index (Phi) is 3.91. The Hall–Kier alpha value is -2.14. The first-order chi connectivity index (χ1) is 11.9. The number of aromatic nitrogens is 1. The van der Waals surface area contributed by atoms with Crippen molar-refractivity contribution in [1.82, 2.24) is 14.8 Å². The summed E-state index contributed by atoms with van der Waals surface area (Å²) in [5.41, 5.74) is 3.87. The second-order valence-corrected chi connectivity index (χ2v) is 7.60. The van der Waals surface area contributed by atoms with Gasteiger partial charge in [0.15, 0.2) is 0 Å². The average molecular weight is 339 g/mol. The number of hydrogen-bond acceptors (Lipinski definition) is 3. The first-order valence-electron chi connectivity index (χ1n) is 9.12. The van der Waals surface area contributed by atoms with Crippen LogP contribution in [0.1, 0.15) is 36.5 Å². The molecule has 4 rings (SSSR count). The Morgan fingerprint density at radius 3 is 2.80 bits per heavy atom. The van der Waals surface area contributed by atoms with Crippen molar-refractivity contribution in [1.29, 1.82) is 0 Å². The number of hydrogen-bond donors (Lipinski definition) is 1. The molecule has 1 amide bonds. The van der Waals surface area contributed by atoms with Gasteiger partial charge in [-0.05, 0) is 56.7 Å². The summed E-state index contributed by atoms with van der Waals surface area (Å²) in [7, 11) is 0. The van der Waals surface area contributed by atoms with Gasteiger partial charge in [-0.25, -0.2) is 0 Å². The van der Waals surface area contributed by atoms with Gasteiger partial charge >= 0.3 is 0 Å². The van der Waals surface area contributed by atoms with Gasteiger partial charge in [0.1, 0.15) is 0 Å². The molecule has 2 fully saturated rings. The summed E-state index contributed by atoms with van der Waals surface area (Å²) in [5, 5.41) is 1.06. The van der Waals surface area contributed by atoms with Gasteiger partial charge < -0.3 is 9.88 Å². The van der Waals surface area contributed by atoms with Crippen molar-refractivity contribution in [2.24, 2.45) is 0 Å². The highest BCUT2D eigenvalue weighted by Gasteiger charge is 2.40. The number of fused-ring (bicyclic) bond motifs is 2. The molecule has 0 spiro atoms. The van der Waals surface area contributed by atoms with E-state index < -0.39 is 0 Å². The van der Waals surface area contributed by atoms with Crippen molar-refractivity contribution < 1.29 is 4.79 Å². The second-order valence-electron chi connectivity index (χ2n) is 7.60. The molecule has 1 aromatic heterocycles. The molecule has 0 radical (unpaired) electrons. The molecule has 0 unspecified atom stereocenters. The highest BCUT2D eigenvalue weighted by atomic mass is 16.2. The summed E-state index contributed by atoms with van der Waals surface area (Å²) < 4.78 is 0. The van der Waals surface area contributed by atoms with Crippen LogP contribution in [0, 0.1) is 13.8 Å². The Labute approximate surface area is 147 Å². The minimum Gasteiger partial charge on any atom is -0.337 e. The Morgan fingerprint density at radius 2 is 2.00 bits per heavy atom. The van der Waals surface area contributed by atoms with Crippen molar-refractivity contribution in [3.05, 3.63) is 45.2 Å². The first kappa shape index (κ1) is 16.3. The number of benzene rings is 1. The summed E-state index contributed by atoms with van der Waals surface area (Å²) in [4.78, 5) is 32.4. The van der Waals surface area contributed by atoms with Crippen molar-refractivity contribution in [2.45, 2.75) is 52.2 Å². The zero-order chi connectivity index (χ0) is 17.7. The minimum atomic E-state index is -0.163. The molecular formula is C20H25N3O2. The van der Waals surface area contributed by atoms with Gasteiger partial charge in [-0.3, -0.25) is 14.5 Å². The summed E-state index contributed by atoms with van der Waals surface area (Å²) in [5.74, 6) is 0.206. The van der Waals surface area contributed by atoms with Crippen LogP contribution in [0.3, 0.4) is 0 Å². The van der Waals surface area contributed by atoms with E-state index in [0.717, 1.165) is 48.0 Å². The van der Waals surface area contributed by atoms with Crippen LogP contribution in [0.25, 0.3) is 10.9 Å². The number of nitrogens with zero attached hydrogens (tertiary/aromatic N) is 2. The molecule has 1 N–H and O–H groups in total. The highest BCUT2D eigenvalue weighted by Crippen LogP contribution is 2.27. The van der Waals surface area contributed by atoms with Crippen LogP contribution in [0.2, 0.25) is 0 Å². The van der Waals surface area contributed by atoms with E-state index in [1.54, 1.807) is 0 Å². The molecule has 2 atom stereocenters. The fourth-order valence-corrected chi connectivity index (χ4v) is 4.41. The number of aromatic amines is 1. The lowest BCUT2D eigenvalue weighted by atomic mass is 10.0. The summed E-state index contributed by atoms with van der Waals surface area (Å²) in [6.45, 7) is 8.31. The molecule has 5 heteroatoms. The van der Waals surface area contributed by atoms with Crippen molar-refractivity contribution in [2.75, 3.05) is 13.1 Å². The van der Waals surface area contributed by atoms with E-state index in [1.807, 2.05) is 24.8 Å². The third-order valence-corrected chi connectivity index (χ3v) is 5.75. The summed E-state index contributed by atoms with van der Waals surface area (Å²) in [6, 6.07) is 6.33. The quantitative estimate of drug-likeness (QED) is 0.914. The van der Waals surface area contributed by atoms with E-state index in [1.165, 1.54) is 5.56 Å². The third-order valence-electron chi connectivity index (χ3n) is 5.75. The van der Waals surface area contributed by atoms with Crippen LogP contribution in [-0.4, -0.2) is 45.9 Å². The van der Waals surface area contributed by atoms with Gasteiger partial charge in [-0.2, -0.15) is 0 Å². The Morgan fingerprint density at radius 1 is 1.20 bits per heavy atom. The summed E-state index contributed by atoms with van der Waals surface area (Å²) >= 11 is 0. The van der Waals surface area contributed by atoms with Crippen LogP contribution >= 0.6 is 0 Å². The highest BCUT2D eigenvalue weighted by molar-refractivity contribution is 5.84. The third kappa shape index (κ3) is 2.76. The zero-order valence-electron chi connectivity index (χ0n) is 15.1. The predicted octanol–water partition coefficient (Wildman–Crippen LogP) is 2.34. The predicted molar refractivity (Wildman–Crippen MR) is 98.6 cm³/mol. The first-order valence-corrected chi connectivity index (χ1v) is 9.12. The van der Waals surface area contributed by atoms with E-state index in [0.29, 0.717) is 12.6 Å². The average Bonchev–Trinajstić information content (AvgIpc) is 3.02. The maximum atomic E-state index is 12.6. The monoisotopic (exact) mass is 339 g/mol. The number of aryl methyl sites for hydroxylation is 2. The molecule has 2 saturated heterocycles. The number of nitrogens with one attached hydrogen (secondary N) is 1. The van der Waals surface area contributed by atoms with Gasteiger partial charge in [-0.1, -0.05) is 11.6 Å². The van der Waals surface area contributed by atoms with Gasteiger partial charge in [0.25, 0.3) is 5.56 Å². The van der Waals surface area contributed by atoms with Crippen LogP contribution in [-0.2, 0) is 11.3 Å². The van der Waals surface area contributed by atoms with Crippen LogP contribution in [0.15, 0.2) is 23.0 Å². The lowest BCUT2D eigenvalue weighted by Crippen LogP contribution is -2.58. The van der Waals surface area contributed by atoms with E-state index in [9.17, 15) is 9.59 Å². The van der Waals surface area contributed by atoms with Gasteiger partial charge in [0.05, 0.1) is 11.6 Å². The molecule has 0 bridgehead atoms. The number of carbonyl (C=O) groups excluding carboxylic acids is 1. The van der Waals surface area contributed by atoms with Crippen molar-refractivity contribution in [3.63, 3.8) is 0 Å². The maximum Gasteiger partial charge on any atom is 0.252 e. The lowest BCUT2D eigenvalue weighted by Gasteiger charge is -2.41. The molecule has 2 aromatic rings. The summed E-state index contributed by atoms with van der Waals surface area (Å²) in [6.07, 6.45) is 2.16. The van der Waals surface area contributed by atoms with Gasteiger partial charge in [-0.15, -0.1) is 0 Å². The second kappa shape index (κ2) is 5.99. The molecular weight excluding hydrogens is 314 g/mol. The molecule has 25 heavy (non-hydrogen) atoms. The van der Waals surface area contributed by atoms with Gasteiger partial charge in [0, 0.05) is 31.2 Å². The molecule has 0 saturated carbocycles. The Balaban J connectivity index is 1.67. The molecule has 3 heterocycles. The van der Waals surface area contributed by atoms with Crippen LogP contribution in [0.4, 0.5) is 0 Å². The van der Waals surface area contributed by atoms with Crippen LogP contribution in [0.5, 0.6) is 0 Å². The fourth-order valence-electron chi connectivity index (χ4n) is 4.41. The zero-order valence-corrected chi connectivity index (χ0v) is 15.1. The molecule has 132 valence electrons. The Bertz CT molecular complexity index is 902. The normalized spacial score (nSPS) is 24.1. The van der Waals surface area contributed by atoms with E-state index in [-0.39, 0.29) is 17.5 Å². The van der Waals surface area contributed by atoms with Gasteiger partial charge in [0.2, 0.25) is 5.91 Å². The SMILES string of the molecule is Cc1cc(C)c2[nH]c(=O)c(CN3C[C@@H]4CCCN4C(=O)[C@@H]3C)cc2c1. The van der Waals surface area contributed by atoms with Crippen molar-refractivity contribution >= 4 is 16.8 Å². The maximum absolute atomic E-state index is 12.6. The smallest absolute Gasteiger partial charge is 0.252 e. The fraction of sp³-hybridized carbons (Fsp3) is 0.500. The minimum absolute atomic E-state index is 0.0482. The van der Waals surface area contributed by atoms with E-state index in [4.69, 9.17) is 0 Å². The topological polar surface area (TPSA) is 56.4 Å². The molecule has 0 aliphatic carbocycles. The van der Waals surface area contributed by atoms with Crippen molar-refractivity contribution in [3.8, 4) is 0 Å². The number of H-pyrrole nitrogens is 1. The number of amides is 1. The lowest BCUT2D eigenvalue weighted by molar-refractivity contribution is -0.143.